The van der Waals surface area contributed by atoms with Crippen molar-refractivity contribution in [1.29, 1.82) is 0 Å². The molecular formula is C20H21ClN2O4. The molecule has 0 radical (unpaired) electrons. The monoisotopic (exact) mass is 388 g/mol. The number of esters is 1. The van der Waals surface area contributed by atoms with E-state index in [1.165, 1.54) is 0 Å². The van der Waals surface area contributed by atoms with E-state index in [0.717, 1.165) is 11.1 Å². The van der Waals surface area contributed by atoms with Gasteiger partial charge in [-0.1, -0.05) is 29.8 Å². The minimum absolute atomic E-state index is 0.0299. The van der Waals surface area contributed by atoms with Crippen LogP contribution in [0.25, 0.3) is 0 Å². The maximum absolute atomic E-state index is 11.9. The Bertz CT molecular complexity index is 852. The molecule has 0 aliphatic rings. The number of hydrogen-bond donors (Lipinski definition) is 2. The molecule has 0 saturated heterocycles. The minimum Gasteiger partial charge on any atom is -0.456 e. The fourth-order valence-corrected chi connectivity index (χ4v) is 2.41. The average molecular weight is 389 g/mol. The summed E-state index contributed by atoms with van der Waals surface area (Å²) < 4.78 is 4.88. The van der Waals surface area contributed by atoms with Crippen LogP contribution in [0.5, 0.6) is 0 Å². The van der Waals surface area contributed by atoms with E-state index in [2.05, 4.69) is 10.6 Å². The highest BCUT2D eigenvalue weighted by atomic mass is 35.5. The van der Waals surface area contributed by atoms with Crippen LogP contribution < -0.4 is 10.6 Å². The van der Waals surface area contributed by atoms with E-state index in [1.54, 1.807) is 30.3 Å². The van der Waals surface area contributed by atoms with Crippen molar-refractivity contribution in [2.75, 3.05) is 17.2 Å². The zero-order chi connectivity index (χ0) is 19.8. The van der Waals surface area contributed by atoms with Crippen molar-refractivity contribution in [3.63, 3.8) is 0 Å². The number of benzene rings is 2. The molecule has 27 heavy (non-hydrogen) atoms. The first-order chi connectivity index (χ1) is 12.8. The van der Waals surface area contributed by atoms with Gasteiger partial charge in [0.1, 0.15) is 0 Å². The summed E-state index contributed by atoms with van der Waals surface area (Å²) in [5, 5.41) is 5.66. The lowest BCUT2D eigenvalue weighted by atomic mass is 10.1. The van der Waals surface area contributed by atoms with Crippen molar-refractivity contribution in [2.24, 2.45) is 0 Å². The van der Waals surface area contributed by atoms with Crippen LogP contribution in [0.1, 0.15) is 24.0 Å². The van der Waals surface area contributed by atoms with Gasteiger partial charge in [-0.05, 0) is 49.2 Å². The number of para-hydroxylation sites is 1. The number of aryl methyl sites for hydroxylation is 2. The molecule has 2 amide bonds. The molecule has 0 atom stereocenters. The highest BCUT2D eigenvalue weighted by molar-refractivity contribution is 6.33. The van der Waals surface area contributed by atoms with Crippen LogP contribution in [-0.4, -0.2) is 24.4 Å². The Kier molecular flexibility index (Phi) is 7.37. The number of rotatable bonds is 7. The molecule has 0 spiro atoms. The molecule has 142 valence electrons. The minimum atomic E-state index is -0.625. The average Bonchev–Trinajstić information content (AvgIpc) is 2.63. The van der Waals surface area contributed by atoms with Crippen LogP contribution in [0.3, 0.4) is 0 Å². The van der Waals surface area contributed by atoms with Gasteiger partial charge < -0.3 is 15.4 Å². The molecule has 0 unspecified atom stereocenters. The summed E-state index contributed by atoms with van der Waals surface area (Å²) in [7, 11) is 0. The lowest BCUT2D eigenvalue weighted by Crippen LogP contribution is -2.22. The largest absolute Gasteiger partial charge is 0.456 e. The third-order valence-electron chi connectivity index (χ3n) is 3.86. The van der Waals surface area contributed by atoms with Crippen LogP contribution in [0.15, 0.2) is 42.5 Å². The molecule has 0 fully saturated rings. The van der Waals surface area contributed by atoms with Gasteiger partial charge in [-0.3, -0.25) is 14.4 Å². The third-order valence-corrected chi connectivity index (χ3v) is 4.19. The first-order valence-electron chi connectivity index (χ1n) is 8.42. The van der Waals surface area contributed by atoms with Crippen molar-refractivity contribution in [3.8, 4) is 0 Å². The SMILES string of the molecule is Cc1ccc(NC(=O)CCC(=O)OCC(=O)Nc2ccccc2Cl)cc1C. The standard InChI is InChI=1S/C20H21ClN2O4/c1-13-7-8-15(11-14(13)2)22-18(24)9-10-20(26)27-12-19(25)23-17-6-4-3-5-16(17)21/h3-8,11H,9-10,12H2,1-2H3,(H,22,24)(H,23,25). The number of amides is 2. The molecule has 2 aromatic carbocycles. The van der Waals surface area contributed by atoms with Gasteiger partial charge in [0, 0.05) is 12.1 Å². The summed E-state index contributed by atoms with van der Waals surface area (Å²) in [6.07, 6.45) is -0.145. The second kappa shape index (κ2) is 9.73. The molecule has 0 bridgehead atoms. The topological polar surface area (TPSA) is 84.5 Å². The Balaban J connectivity index is 1.70. The fraction of sp³-hybridized carbons (Fsp3) is 0.250. The zero-order valence-electron chi connectivity index (χ0n) is 15.2. The Hall–Kier alpha value is -2.86. The molecular weight excluding hydrogens is 368 g/mol. The van der Waals surface area contributed by atoms with Gasteiger partial charge in [-0.2, -0.15) is 0 Å². The number of carbonyl (C=O) groups excluding carboxylic acids is 3. The lowest BCUT2D eigenvalue weighted by Gasteiger charge is -2.09. The van der Waals surface area contributed by atoms with E-state index in [1.807, 2.05) is 26.0 Å². The normalized spacial score (nSPS) is 10.2. The van der Waals surface area contributed by atoms with Gasteiger partial charge in [0.2, 0.25) is 5.91 Å². The van der Waals surface area contributed by atoms with Crippen LogP contribution in [-0.2, 0) is 19.1 Å². The number of carbonyl (C=O) groups is 3. The van der Waals surface area contributed by atoms with Crippen molar-refractivity contribution >= 4 is 40.8 Å². The smallest absolute Gasteiger partial charge is 0.306 e. The lowest BCUT2D eigenvalue weighted by molar-refractivity contribution is -0.147. The summed E-state index contributed by atoms with van der Waals surface area (Å²) in [4.78, 5) is 35.4. The van der Waals surface area contributed by atoms with Gasteiger partial charge in [0.25, 0.3) is 5.91 Å². The molecule has 2 aromatic rings. The van der Waals surface area contributed by atoms with E-state index in [9.17, 15) is 14.4 Å². The summed E-state index contributed by atoms with van der Waals surface area (Å²) in [5.74, 6) is -1.42. The highest BCUT2D eigenvalue weighted by Gasteiger charge is 2.12. The van der Waals surface area contributed by atoms with Crippen molar-refractivity contribution in [1.82, 2.24) is 0 Å². The summed E-state index contributed by atoms with van der Waals surface area (Å²) in [5.41, 5.74) is 3.31. The molecule has 0 aliphatic heterocycles. The first kappa shape index (κ1) is 20.5. The summed E-state index contributed by atoms with van der Waals surface area (Å²) >= 11 is 5.93. The maximum Gasteiger partial charge on any atom is 0.306 e. The zero-order valence-corrected chi connectivity index (χ0v) is 15.9. The second-order valence-electron chi connectivity index (χ2n) is 6.04. The quantitative estimate of drug-likeness (QED) is 0.705. The molecule has 7 heteroatoms. The second-order valence-corrected chi connectivity index (χ2v) is 6.44. The van der Waals surface area contributed by atoms with Crippen LogP contribution in [0.2, 0.25) is 5.02 Å². The predicted molar refractivity (Wildman–Crippen MR) is 105 cm³/mol. The van der Waals surface area contributed by atoms with E-state index < -0.39 is 18.5 Å². The number of ether oxygens (including phenoxy) is 1. The molecule has 2 rings (SSSR count). The highest BCUT2D eigenvalue weighted by Crippen LogP contribution is 2.20. The van der Waals surface area contributed by atoms with Gasteiger partial charge in [0.05, 0.1) is 17.1 Å². The number of hydrogen-bond acceptors (Lipinski definition) is 4. The van der Waals surface area contributed by atoms with E-state index in [4.69, 9.17) is 16.3 Å². The van der Waals surface area contributed by atoms with Gasteiger partial charge >= 0.3 is 5.97 Å². The number of nitrogens with one attached hydrogen (secondary N) is 2. The molecule has 6 nitrogen and oxygen atoms in total. The molecule has 0 heterocycles. The summed E-state index contributed by atoms with van der Waals surface area (Å²) in [6.45, 7) is 3.50. The van der Waals surface area contributed by atoms with Gasteiger partial charge in [-0.25, -0.2) is 0 Å². The van der Waals surface area contributed by atoms with E-state index >= 15 is 0 Å². The van der Waals surface area contributed by atoms with E-state index in [0.29, 0.717) is 16.4 Å². The Morgan fingerprint density at radius 1 is 0.926 bits per heavy atom. The predicted octanol–water partition coefficient (Wildman–Crippen LogP) is 3.86. The van der Waals surface area contributed by atoms with Crippen LogP contribution in [0, 0.1) is 13.8 Å². The molecule has 0 saturated carbocycles. The fourth-order valence-electron chi connectivity index (χ4n) is 2.23. The van der Waals surface area contributed by atoms with Gasteiger partial charge in [-0.15, -0.1) is 0 Å². The molecule has 0 aromatic heterocycles. The Morgan fingerprint density at radius 3 is 2.37 bits per heavy atom. The number of anilines is 2. The first-order valence-corrected chi connectivity index (χ1v) is 8.80. The molecule has 2 N–H and O–H groups in total. The van der Waals surface area contributed by atoms with Gasteiger partial charge in [0.15, 0.2) is 6.61 Å². The van der Waals surface area contributed by atoms with Crippen LogP contribution in [0.4, 0.5) is 11.4 Å². The summed E-state index contributed by atoms with van der Waals surface area (Å²) in [6, 6.07) is 12.3. The van der Waals surface area contributed by atoms with Crippen LogP contribution >= 0.6 is 11.6 Å². The Morgan fingerprint density at radius 2 is 1.67 bits per heavy atom. The van der Waals surface area contributed by atoms with Crippen molar-refractivity contribution in [3.05, 3.63) is 58.6 Å². The molecule has 0 aliphatic carbocycles. The number of halogens is 1. The maximum atomic E-state index is 11.9. The van der Waals surface area contributed by atoms with Crippen molar-refractivity contribution < 1.29 is 19.1 Å². The Labute approximate surface area is 162 Å². The van der Waals surface area contributed by atoms with Crippen molar-refractivity contribution in [2.45, 2.75) is 26.7 Å². The third kappa shape index (κ3) is 6.75. The van der Waals surface area contributed by atoms with E-state index in [-0.39, 0.29) is 18.7 Å².